The minimum Gasteiger partial charge on any atom is -0.481 e. The van der Waals surface area contributed by atoms with Crippen LogP contribution in [0.3, 0.4) is 0 Å². The molecule has 5 nitrogen and oxygen atoms in total. The molecule has 1 aromatic carbocycles. The highest BCUT2D eigenvalue weighted by atomic mass is 16.6. The maximum atomic E-state index is 12.0. The molecule has 1 atom stereocenters. The van der Waals surface area contributed by atoms with Crippen LogP contribution in [0.2, 0.25) is 0 Å². The van der Waals surface area contributed by atoms with Crippen molar-refractivity contribution >= 4 is 17.7 Å². The van der Waals surface area contributed by atoms with Crippen molar-refractivity contribution in [1.29, 1.82) is 0 Å². The van der Waals surface area contributed by atoms with Gasteiger partial charge >= 0.3 is 12.1 Å². The van der Waals surface area contributed by atoms with Crippen LogP contribution in [-0.2, 0) is 9.53 Å². The lowest BCUT2D eigenvalue weighted by molar-refractivity contribution is -0.138. The number of carboxylic acid groups (broad SMARTS) is 1. The van der Waals surface area contributed by atoms with Gasteiger partial charge in [-0.15, -0.1) is 0 Å². The number of hydrogen-bond donors (Lipinski definition) is 1. The Kier molecular flexibility index (Phi) is 3.74. The van der Waals surface area contributed by atoms with Crippen molar-refractivity contribution < 1.29 is 19.4 Å². The fraction of sp³-hybridized carbons (Fsp3) is 0.429. The van der Waals surface area contributed by atoms with Crippen LogP contribution in [-0.4, -0.2) is 30.3 Å². The molecule has 0 saturated carbocycles. The van der Waals surface area contributed by atoms with Crippen molar-refractivity contribution in [2.45, 2.75) is 19.8 Å². The number of para-hydroxylation sites is 1. The predicted octanol–water partition coefficient (Wildman–Crippen LogP) is 2.47. The molecule has 2 rings (SSSR count). The molecule has 5 heteroatoms. The van der Waals surface area contributed by atoms with Gasteiger partial charge in [-0.2, -0.15) is 0 Å². The van der Waals surface area contributed by atoms with Gasteiger partial charge in [-0.05, 0) is 17.5 Å². The van der Waals surface area contributed by atoms with E-state index in [2.05, 4.69) is 0 Å². The Morgan fingerprint density at radius 1 is 1.42 bits per heavy atom. The second kappa shape index (κ2) is 5.30. The summed E-state index contributed by atoms with van der Waals surface area (Å²) in [5, 5.41) is 9.20. The van der Waals surface area contributed by atoms with Gasteiger partial charge < -0.3 is 9.84 Å². The summed E-state index contributed by atoms with van der Waals surface area (Å²) in [6, 6.07) is 7.04. The van der Waals surface area contributed by atoms with Crippen molar-refractivity contribution in [2.24, 2.45) is 5.92 Å². The average Bonchev–Trinajstić information content (AvgIpc) is 2.75. The molecule has 1 heterocycles. The Morgan fingerprint density at radius 3 is 2.74 bits per heavy atom. The number of hydrogen-bond acceptors (Lipinski definition) is 3. The summed E-state index contributed by atoms with van der Waals surface area (Å²) in [5.41, 5.74) is 1.29. The van der Waals surface area contributed by atoms with E-state index in [0.29, 0.717) is 17.9 Å². The van der Waals surface area contributed by atoms with Gasteiger partial charge in [0.2, 0.25) is 0 Å². The number of benzene rings is 1. The number of fused-ring (bicyclic) bond motifs is 1. The topological polar surface area (TPSA) is 66.8 Å². The Labute approximate surface area is 111 Å². The van der Waals surface area contributed by atoms with Gasteiger partial charge in [-0.25, -0.2) is 4.79 Å². The molecule has 19 heavy (non-hydrogen) atoms. The molecule has 0 spiro atoms. The minimum atomic E-state index is -0.924. The van der Waals surface area contributed by atoms with Crippen molar-refractivity contribution in [3.8, 4) is 0 Å². The quantitative estimate of drug-likeness (QED) is 0.909. The average molecular weight is 263 g/mol. The van der Waals surface area contributed by atoms with Gasteiger partial charge in [-0.3, -0.25) is 9.69 Å². The predicted molar refractivity (Wildman–Crippen MR) is 70.4 cm³/mol. The van der Waals surface area contributed by atoms with Crippen LogP contribution in [0.5, 0.6) is 0 Å². The molecule has 1 aliphatic rings. The summed E-state index contributed by atoms with van der Waals surface area (Å²) in [5.74, 6) is -1.36. The molecule has 102 valence electrons. The molecule has 0 fully saturated rings. The maximum Gasteiger partial charge on any atom is 0.414 e. The fourth-order valence-electron chi connectivity index (χ4n) is 2.11. The van der Waals surface area contributed by atoms with E-state index < -0.39 is 18.0 Å². The van der Waals surface area contributed by atoms with Crippen molar-refractivity contribution in [1.82, 2.24) is 0 Å². The Morgan fingerprint density at radius 2 is 2.11 bits per heavy atom. The summed E-state index contributed by atoms with van der Waals surface area (Å²) in [6.45, 7) is 4.36. The minimum absolute atomic E-state index is 0.131. The van der Waals surface area contributed by atoms with Crippen LogP contribution in [0.25, 0.3) is 0 Å². The molecule has 1 amide bonds. The lowest BCUT2D eigenvalue weighted by Crippen LogP contribution is -2.32. The van der Waals surface area contributed by atoms with E-state index >= 15 is 0 Å². The maximum absolute atomic E-state index is 12.0. The number of carboxylic acids is 1. The van der Waals surface area contributed by atoms with Gasteiger partial charge in [0.15, 0.2) is 0 Å². The van der Waals surface area contributed by atoms with Crippen molar-refractivity contribution in [3.63, 3.8) is 0 Å². The van der Waals surface area contributed by atoms with Crippen LogP contribution < -0.4 is 4.90 Å². The number of aliphatic carboxylic acids is 1. The van der Waals surface area contributed by atoms with E-state index in [9.17, 15) is 14.7 Å². The molecule has 1 aromatic rings. The first kappa shape index (κ1) is 13.4. The summed E-state index contributed by atoms with van der Waals surface area (Å²) in [4.78, 5) is 24.6. The molecule has 1 N–H and O–H groups in total. The summed E-state index contributed by atoms with van der Waals surface area (Å²) in [7, 11) is 0. The monoisotopic (exact) mass is 263 g/mol. The zero-order valence-corrected chi connectivity index (χ0v) is 11.0. The van der Waals surface area contributed by atoms with Crippen LogP contribution in [0.1, 0.15) is 25.3 Å². The van der Waals surface area contributed by atoms with E-state index in [-0.39, 0.29) is 12.5 Å². The van der Waals surface area contributed by atoms with Crippen LogP contribution in [0.15, 0.2) is 24.3 Å². The van der Waals surface area contributed by atoms with E-state index in [4.69, 9.17) is 4.74 Å². The number of nitrogens with zero attached hydrogens (tertiary/aromatic N) is 1. The number of rotatable bonds is 3. The molecule has 0 aromatic heterocycles. The molecular formula is C14H17NO4. The van der Waals surface area contributed by atoms with E-state index in [0.717, 1.165) is 0 Å². The first-order valence-electron chi connectivity index (χ1n) is 6.26. The van der Waals surface area contributed by atoms with Gasteiger partial charge in [0.25, 0.3) is 0 Å². The highest BCUT2D eigenvalue weighted by Gasteiger charge is 2.37. The molecule has 0 aliphatic carbocycles. The molecule has 0 radical (unpaired) electrons. The fourth-order valence-corrected chi connectivity index (χ4v) is 2.11. The summed E-state index contributed by atoms with van der Waals surface area (Å²) >= 11 is 0. The van der Waals surface area contributed by atoms with Crippen molar-refractivity contribution in [3.05, 3.63) is 29.8 Å². The highest BCUT2D eigenvalue weighted by Crippen LogP contribution is 2.36. The third kappa shape index (κ3) is 2.70. The third-order valence-electron chi connectivity index (χ3n) is 3.03. The normalized spacial score (nSPS) is 17.4. The lowest BCUT2D eigenvalue weighted by Gasteiger charge is -2.18. The molecule has 1 aliphatic heterocycles. The second-order valence-corrected chi connectivity index (χ2v) is 5.03. The molecule has 1 unspecified atom stereocenters. The molecular weight excluding hydrogens is 246 g/mol. The standard InChI is InChI=1S/C14H17NO4/c1-9(2)8-19-14(18)15-7-11(13(16)17)10-5-3-4-6-12(10)15/h3-6,9,11H,7-8H2,1-2H3,(H,16,17). The van der Waals surface area contributed by atoms with Crippen LogP contribution in [0, 0.1) is 5.92 Å². The van der Waals surface area contributed by atoms with Gasteiger partial charge in [0.1, 0.15) is 5.92 Å². The number of carbonyl (C=O) groups excluding carboxylic acids is 1. The Bertz CT molecular complexity index is 498. The zero-order chi connectivity index (χ0) is 14.0. The van der Waals surface area contributed by atoms with Crippen LogP contribution in [0.4, 0.5) is 10.5 Å². The van der Waals surface area contributed by atoms with E-state index in [1.807, 2.05) is 13.8 Å². The van der Waals surface area contributed by atoms with Gasteiger partial charge in [0.05, 0.1) is 12.3 Å². The lowest BCUT2D eigenvalue weighted by atomic mass is 10.0. The number of anilines is 1. The van der Waals surface area contributed by atoms with E-state index in [1.54, 1.807) is 24.3 Å². The Balaban J connectivity index is 2.20. The highest BCUT2D eigenvalue weighted by molar-refractivity contribution is 5.95. The largest absolute Gasteiger partial charge is 0.481 e. The number of carbonyl (C=O) groups is 2. The van der Waals surface area contributed by atoms with Gasteiger partial charge in [0, 0.05) is 6.54 Å². The number of amides is 1. The van der Waals surface area contributed by atoms with Gasteiger partial charge in [-0.1, -0.05) is 32.0 Å². The first-order valence-corrected chi connectivity index (χ1v) is 6.26. The summed E-state index contributed by atoms with van der Waals surface area (Å²) in [6.07, 6.45) is -0.482. The van der Waals surface area contributed by atoms with Crippen molar-refractivity contribution in [2.75, 3.05) is 18.1 Å². The number of ether oxygens (including phenoxy) is 1. The zero-order valence-electron chi connectivity index (χ0n) is 11.0. The Hall–Kier alpha value is -2.04. The summed E-state index contributed by atoms with van der Waals surface area (Å²) < 4.78 is 5.17. The van der Waals surface area contributed by atoms with E-state index in [1.165, 1.54) is 4.90 Å². The molecule has 0 bridgehead atoms. The first-order chi connectivity index (χ1) is 9.00. The molecule has 0 saturated heterocycles. The smallest absolute Gasteiger partial charge is 0.414 e. The van der Waals surface area contributed by atoms with Crippen LogP contribution >= 0.6 is 0 Å². The second-order valence-electron chi connectivity index (χ2n) is 5.03. The third-order valence-corrected chi connectivity index (χ3v) is 3.03. The SMILES string of the molecule is CC(C)COC(=O)N1CC(C(=O)O)c2ccccc21.